The lowest BCUT2D eigenvalue weighted by atomic mass is 9.74. The first-order valence-electron chi connectivity index (χ1n) is 6.14. The van der Waals surface area contributed by atoms with E-state index in [1.807, 2.05) is 0 Å². The second kappa shape index (κ2) is 4.99. The number of halogens is 1. The van der Waals surface area contributed by atoms with Crippen molar-refractivity contribution in [2.45, 2.75) is 20.3 Å². The molecule has 1 fully saturated rings. The van der Waals surface area contributed by atoms with Crippen LogP contribution in [0.2, 0.25) is 0 Å². The first-order chi connectivity index (χ1) is 8.03. The first-order valence-corrected chi connectivity index (χ1v) is 6.93. The highest BCUT2D eigenvalue weighted by Gasteiger charge is 2.35. The number of aliphatic hydroxyl groups excluding tert-OH is 1. The fraction of sp³-hybridized carbons (Fsp3) is 0.571. The molecule has 1 N–H and O–H groups in total. The summed E-state index contributed by atoms with van der Waals surface area (Å²) in [5, 5.41) is 9.40. The van der Waals surface area contributed by atoms with Crippen LogP contribution >= 0.6 is 15.9 Å². The van der Waals surface area contributed by atoms with Gasteiger partial charge in [0.15, 0.2) is 0 Å². The lowest BCUT2D eigenvalue weighted by molar-refractivity contribution is 0.0972. The van der Waals surface area contributed by atoms with Gasteiger partial charge in [-0.3, -0.25) is 0 Å². The summed E-state index contributed by atoms with van der Waals surface area (Å²) in [6.07, 6.45) is 1.07. The molecular formula is C14H20BrNO. The van der Waals surface area contributed by atoms with Crippen LogP contribution in [0.1, 0.15) is 20.3 Å². The standard InChI is InChI=1S/C14H20BrNO/c1-14(2)10-16(7-6-11(14)9-17)13-5-3-4-12(15)8-13/h3-5,8,11,17H,6-7,9-10H2,1-2H3. The van der Waals surface area contributed by atoms with E-state index in [4.69, 9.17) is 0 Å². The minimum Gasteiger partial charge on any atom is -0.396 e. The van der Waals surface area contributed by atoms with E-state index in [1.54, 1.807) is 0 Å². The van der Waals surface area contributed by atoms with Crippen molar-refractivity contribution >= 4 is 21.6 Å². The van der Waals surface area contributed by atoms with Crippen LogP contribution in [0.15, 0.2) is 28.7 Å². The average molecular weight is 298 g/mol. The number of rotatable bonds is 2. The predicted molar refractivity (Wildman–Crippen MR) is 75.3 cm³/mol. The second-order valence-electron chi connectivity index (χ2n) is 5.56. The third-order valence-electron chi connectivity index (χ3n) is 3.84. The van der Waals surface area contributed by atoms with Crippen molar-refractivity contribution in [1.29, 1.82) is 0 Å². The van der Waals surface area contributed by atoms with E-state index < -0.39 is 0 Å². The molecule has 0 aliphatic carbocycles. The summed E-state index contributed by atoms with van der Waals surface area (Å²) in [7, 11) is 0. The van der Waals surface area contributed by atoms with Gasteiger partial charge < -0.3 is 10.0 Å². The number of aliphatic hydroxyl groups is 1. The van der Waals surface area contributed by atoms with Crippen LogP contribution < -0.4 is 4.90 Å². The third-order valence-corrected chi connectivity index (χ3v) is 4.34. The van der Waals surface area contributed by atoms with Crippen LogP contribution in [-0.4, -0.2) is 24.8 Å². The number of nitrogens with zero attached hydrogens (tertiary/aromatic N) is 1. The van der Waals surface area contributed by atoms with Crippen LogP contribution in [0.25, 0.3) is 0 Å². The second-order valence-corrected chi connectivity index (χ2v) is 6.47. The quantitative estimate of drug-likeness (QED) is 0.905. The minimum atomic E-state index is 0.176. The molecule has 2 nitrogen and oxygen atoms in total. The molecule has 1 aliphatic heterocycles. The van der Waals surface area contributed by atoms with Crippen molar-refractivity contribution in [3.8, 4) is 0 Å². The van der Waals surface area contributed by atoms with Gasteiger partial charge >= 0.3 is 0 Å². The summed E-state index contributed by atoms with van der Waals surface area (Å²) in [6, 6.07) is 8.44. The van der Waals surface area contributed by atoms with Crippen molar-refractivity contribution < 1.29 is 5.11 Å². The van der Waals surface area contributed by atoms with Gasteiger partial charge in [-0.2, -0.15) is 0 Å². The first kappa shape index (κ1) is 12.9. The van der Waals surface area contributed by atoms with Crippen molar-refractivity contribution in [3.05, 3.63) is 28.7 Å². The van der Waals surface area contributed by atoms with E-state index in [1.165, 1.54) is 5.69 Å². The molecule has 1 heterocycles. The molecule has 1 aromatic rings. The topological polar surface area (TPSA) is 23.5 Å². The van der Waals surface area contributed by atoms with Gasteiger partial charge in [0.2, 0.25) is 0 Å². The van der Waals surface area contributed by atoms with Gasteiger partial charge in [-0.05, 0) is 36.0 Å². The summed E-state index contributed by atoms with van der Waals surface area (Å²) < 4.78 is 1.12. The van der Waals surface area contributed by atoms with Gasteiger partial charge in [0.05, 0.1) is 0 Å². The molecule has 1 saturated heterocycles. The fourth-order valence-corrected chi connectivity index (χ4v) is 3.02. The molecule has 2 rings (SSSR count). The molecule has 0 amide bonds. The molecule has 0 aromatic heterocycles. The van der Waals surface area contributed by atoms with Crippen LogP contribution in [-0.2, 0) is 0 Å². The molecular weight excluding hydrogens is 278 g/mol. The molecule has 1 unspecified atom stereocenters. The van der Waals surface area contributed by atoms with Crippen LogP contribution in [0, 0.1) is 11.3 Å². The highest BCUT2D eigenvalue weighted by atomic mass is 79.9. The highest BCUT2D eigenvalue weighted by molar-refractivity contribution is 9.10. The van der Waals surface area contributed by atoms with Crippen molar-refractivity contribution in [1.82, 2.24) is 0 Å². The monoisotopic (exact) mass is 297 g/mol. The Morgan fingerprint density at radius 3 is 2.82 bits per heavy atom. The fourth-order valence-electron chi connectivity index (χ4n) is 2.63. The van der Waals surface area contributed by atoms with Gasteiger partial charge in [0.1, 0.15) is 0 Å². The Labute approximate surface area is 112 Å². The molecule has 3 heteroatoms. The summed E-state index contributed by atoms with van der Waals surface area (Å²) >= 11 is 3.52. The maximum absolute atomic E-state index is 9.40. The number of hydrogen-bond donors (Lipinski definition) is 1. The van der Waals surface area contributed by atoms with Gasteiger partial charge in [0.25, 0.3) is 0 Å². The maximum atomic E-state index is 9.40. The Morgan fingerprint density at radius 2 is 2.24 bits per heavy atom. The Bertz CT molecular complexity index is 392. The summed E-state index contributed by atoms with van der Waals surface area (Å²) in [5.41, 5.74) is 1.44. The van der Waals surface area contributed by atoms with Crippen molar-refractivity contribution in [2.24, 2.45) is 11.3 Å². The molecule has 0 saturated carbocycles. The van der Waals surface area contributed by atoms with E-state index in [2.05, 4.69) is 58.9 Å². The zero-order valence-corrected chi connectivity index (χ0v) is 12.1. The molecule has 0 bridgehead atoms. The molecule has 0 radical (unpaired) electrons. The zero-order chi connectivity index (χ0) is 12.5. The molecule has 1 aromatic carbocycles. The lowest BCUT2D eigenvalue weighted by Gasteiger charge is -2.44. The van der Waals surface area contributed by atoms with Gasteiger partial charge in [-0.15, -0.1) is 0 Å². The normalized spacial score (nSPS) is 23.8. The van der Waals surface area contributed by atoms with Gasteiger partial charge in [-0.1, -0.05) is 35.8 Å². The van der Waals surface area contributed by atoms with Crippen molar-refractivity contribution in [3.63, 3.8) is 0 Å². The van der Waals surface area contributed by atoms with E-state index in [0.29, 0.717) is 12.5 Å². The molecule has 17 heavy (non-hydrogen) atoms. The highest BCUT2D eigenvalue weighted by Crippen LogP contribution is 2.36. The largest absolute Gasteiger partial charge is 0.396 e. The maximum Gasteiger partial charge on any atom is 0.0465 e. The SMILES string of the molecule is CC1(C)CN(c2cccc(Br)c2)CCC1CO. The average Bonchev–Trinajstić information content (AvgIpc) is 2.27. The lowest BCUT2D eigenvalue weighted by Crippen LogP contribution is -2.47. The summed E-state index contributed by atoms with van der Waals surface area (Å²) in [5.74, 6) is 0.422. The van der Waals surface area contributed by atoms with E-state index in [-0.39, 0.29) is 5.41 Å². The van der Waals surface area contributed by atoms with E-state index in [0.717, 1.165) is 24.0 Å². The van der Waals surface area contributed by atoms with E-state index in [9.17, 15) is 5.11 Å². The molecule has 1 aliphatic rings. The molecule has 94 valence electrons. The van der Waals surface area contributed by atoms with Gasteiger partial charge in [0, 0.05) is 29.9 Å². The van der Waals surface area contributed by atoms with E-state index >= 15 is 0 Å². The Kier molecular flexibility index (Phi) is 3.79. The Morgan fingerprint density at radius 1 is 1.47 bits per heavy atom. The zero-order valence-electron chi connectivity index (χ0n) is 10.5. The Balaban J connectivity index is 2.15. The van der Waals surface area contributed by atoms with Crippen molar-refractivity contribution in [2.75, 3.05) is 24.6 Å². The number of hydrogen-bond acceptors (Lipinski definition) is 2. The van der Waals surface area contributed by atoms with Crippen LogP contribution in [0.4, 0.5) is 5.69 Å². The Hall–Kier alpha value is -0.540. The van der Waals surface area contributed by atoms with Crippen LogP contribution in [0.5, 0.6) is 0 Å². The number of piperidine rings is 1. The number of benzene rings is 1. The minimum absolute atomic E-state index is 0.176. The summed E-state index contributed by atoms with van der Waals surface area (Å²) in [6.45, 7) is 6.84. The predicted octanol–water partition coefficient (Wildman–Crippen LogP) is 3.29. The smallest absolute Gasteiger partial charge is 0.0465 e. The molecule has 0 spiro atoms. The van der Waals surface area contributed by atoms with Gasteiger partial charge in [-0.25, -0.2) is 0 Å². The third kappa shape index (κ3) is 2.83. The number of anilines is 1. The molecule has 1 atom stereocenters. The summed E-state index contributed by atoms with van der Waals surface area (Å²) in [4.78, 5) is 2.41. The van der Waals surface area contributed by atoms with Crippen LogP contribution in [0.3, 0.4) is 0 Å².